The highest BCUT2D eigenvalue weighted by atomic mass is 16.3. The van der Waals surface area contributed by atoms with Gasteiger partial charge >= 0.3 is 0 Å². The van der Waals surface area contributed by atoms with Crippen molar-refractivity contribution in [2.75, 3.05) is 6.54 Å². The van der Waals surface area contributed by atoms with E-state index in [4.69, 9.17) is 0 Å². The van der Waals surface area contributed by atoms with Crippen LogP contribution in [0.3, 0.4) is 0 Å². The Morgan fingerprint density at radius 3 is 2.89 bits per heavy atom. The van der Waals surface area contributed by atoms with Gasteiger partial charge in [0.15, 0.2) is 5.69 Å². The predicted octanol–water partition coefficient (Wildman–Crippen LogP) is 1.22. The van der Waals surface area contributed by atoms with E-state index >= 15 is 0 Å². The largest absolute Gasteiger partial charge is 0.388 e. The number of carbonyl (C=O) groups excluding carboxylic acids is 1. The summed E-state index contributed by atoms with van der Waals surface area (Å²) in [5.74, 6) is -0.225. The monoisotopic (exact) mass is 259 g/mol. The molecule has 2 N–H and O–H groups in total. The van der Waals surface area contributed by atoms with Gasteiger partial charge in [0.2, 0.25) is 0 Å². The van der Waals surface area contributed by atoms with Crippen LogP contribution in [0.5, 0.6) is 0 Å². The number of aryl methyl sites for hydroxylation is 1. The second-order valence-electron chi connectivity index (χ2n) is 5.25. The molecule has 1 aromatic carbocycles. The van der Waals surface area contributed by atoms with Crippen LogP contribution in [0.1, 0.15) is 29.8 Å². The number of fused-ring (bicyclic) bond motifs is 1. The zero-order valence-corrected chi connectivity index (χ0v) is 10.9. The van der Waals surface area contributed by atoms with Crippen molar-refractivity contribution >= 4 is 16.8 Å². The number of nitrogens with zero attached hydrogens (tertiary/aromatic N) is 2. The van der Waals surface area contributed by atoms with E-state index in [-0.39, 0.29) is 5.91 Å². The number of para-hydroxylation sites is 1. The molecule has 1 saturated carbocycles. The molecule has 19 heavy (non-hydrogen) atoms. The lowest BCUT2D eigenvalue weighted by Crippen LogP contribution is -2.47. The number of hydrogen-bond donors (Lipinski definition) is 2. The fourth-order valence-corrected chi connectivity index (χ4v) is 2.47. The van der Waals surface area contributed by atoms with Crippen LogP contribution in [0.4, 0.5) is 0 Å². The third-order valence-corrected chi connectivity index (χ3v) is 3.84. The zero-order valence-electron chi connectivity index (χ0n) is 10.9. The van der Waals surface area contributed by atoms with E-state index in [1.165, 1.54) is 0 Å². The van der Waals surface area contributed by atoms with Crippen LogP contribution < -0.4 is 5.32 Å². The minimum atomic E-state index is -0.708. The Kier molecular flexibility index (Phi) is 2.78. The molecule has 5 heteroatoms. The highest BCUT2D eigenvalue weighted by molar-refractivity contribution is 6.04. The first-order valence-electron chi connectivity index (χ1n) is 6.51. The van der Waals surface area contributed by atoms with E-state index in [1.54, 1.807) is 4.68 Å². The van der Waals surface area contributed by atoms with Crippen molar-refractivity contribution in [3.8, 4) is 0 Å². The van der Waals surface area contributed by atoms with Gasteiger partial charge in [-0.2, -0.15) is 5.10 Å². The molecule has 0 radical (unpaired) electrons. The van der Waals surface area contributed by atoms with Crippen molar-refractivity contribution in [1.29, 1.82) is 0 Å². The number of nitrogens with one attached hydrogen (secondary N) is 1. The second-order valence-corrected chi connectivity index (χ2v) is 5.25. The summed E-state index contributed by atoms with van der Waals surface area (Å²) in [4.78, 5) is 12.2. The quantitative estimate of drug-likeness (QED) is 0.871. The lowest BCUT2D eigenvalue weighted by atomic mass is 9.80. The second kappa shape index (κ2) is 4.35. The molecular weight excluding hydrogens is 242 g/mol. The van der Waals surface area contributed by atoms with Gasteiger partial charge in [-0.25, -0.2) is 0 Å². The number of carbonyl (C=O) groups is 1. The van der Waals surface area contributed by atoms with Crippen molar-refractivity contribution in [3.63, 3.8) is 0 Å². The maximum atomic E-state index is 12.2. The first-order valence-corrected chi connectivity index (χ1v) is 6.51. The van der Waals surface area contributed by atoms with Crippen molar-refractivity contribution in [2.45, 2.75) is 24.9 Å². The fraction of sp³-hybridized carbons (Fsp3) is 0.429. The number of rotatable bonds is 3. The van der Waals surface area contributed by atoms with Crippen LogP contribution in [0.2, 0.25) is 0 Å². The Labute approximate surface area is 111 Å². The fourth-order valence-electron chi connectivity index (χ4n) is 2.47. The maximum Gasteiger partial charge on any atom is 0.272 e. The van der Waals surface area contributed by atoms with E-state index in [0.29, 0.717) is 12.2 Å². The number of benzene rings is 1. The van der Waals surface area contributed by atoms with E-state index in [9.17, 15) is 9.90 Å². The molecule has 1 heterocycles. The molecule has 0 aliphatic heterocycles. The molecule has 0 saturated heterocycles. The third kappa shape index (κ3) is 2.10. The summed E-state index contributed by atoms with van der Waals surface area (Å²) in [6.07, 6.45) is 2.55. The summed E-state index contributed by atoms with van der Waals surface area (Å²) < 4.78 is 1.70. The van der Waals surface area contributed by atoms with Gasteiger partial charge < -0.3 is 10.4 Å². The van der Waals surface area contributed by atoms with Crippen LogP contribution in [-0.2, 0) is 7.05 Å². The molecule has 1 aromatic heterocycles. The molecule has 1 amide bonds. The summed E-state index contributed by atoms with van der Waals surface area (Å²) in [7, 11) is 1.82. The smallest absolute Gasteiger partial charge is 0.272 e. The van der Waals surface area contributed by atoms with Crippen LogP contribution in [0.25, 0.3) is 10.9 Å². The van der Waals surface area contributed by atoms with Crippen LogP contribution >= 0.6 is 0 Å². The molecule has 100 valence electrons. The SMILES string of the molecule is Cn1nc(C(=O)NCC2(O)CCC2)c2ccccc21. The lowest BCUT2D eigenvalue weighted by molar-refractivity contribution is -0.0300. The Hall–Kier alpha value is -1.88. The lowest BCUT2D eigenvalue weighted by Gasteiger charge is -2.36. The summed E-state index contributed by atoms with van der Waals surface area (Å²) in [6.45, 7) is 0.302. The van der Waals surface area contributed by atoms with E-state index in [1.807, 2.05) is 31.3 Å². The third-order valence-electron chi connectivity index (χ3n) is 3.84. The summed E-state index contributed by atoms with van der Waals surface area (Å²) in [5, 5.41) is 17.9. The molecule has 0 bridgehead atoms. The highest BCUT2D eigenvalue weighted by Gasteiger charge is 2.34. The molecule has 3 rings (SSSR count). The van der Waals surface area contributed by atoms with Gasteiger partial charge in [-0.3, -0.25) is 9.48 Å². The van der Waals surface area contributed by atoms with Gasteiger partial charge in [0.05, 0.1) is 11.1 Å². The zero-order chi connectivity index (χ0) is 13.5. The van der Waals surface area contributed by atoms with Gasteiger partial charge in [-0.1, -0.05) is 18.2 Å². The van der Waals surface area contributed by atoms with Crippen molar-refractivity contribution in [1.82, 2.24) is 15.1 Å². The van der Waals surface area contributed by atoms with E-state index in [2.05, 4.69) is 10.4 Å². The van der Waals surface area contributed by atoms with Gasteiger partial charge in [-0.15, -0.1) is 0 Å². The Morgan fingerprint density at radius 1 is 1.47 bits per heavy atom. The average molecular weight is 259 g/mol. The first-order chi connectivity index (χ1) is 9.09. The molecule has 0 atom stereocenters. The molecule has 2 aromatic rings. The summed E-state index contributed by atoms with van der Waals surface area (Å²) in [5.41, 5.74) is 0.635. The topological polar surface area (TPSA) is 67.2 Å². The van der Waals surface area contributed by atoms with Gasteiger partial charge in [-0.05, 0) is 25.3 Å². The molecule has 0 spiro atoms. The average Bonchev–Trinajstić information content (AvgIpc) is 2.72. The number of hydrogen-bond acceptors (Lipinski definition) is 3. The molecule has 1 aliphatic rings. The number of aromatic nitrogens is 2. The normalized spacial score (nSPS) is 17.2. The van der Waals surface area contributed by atoms with E-state index < -0.39 is 5.60 Å². The maximum absolute atomic E-state index is 12.2. The van der Waals surface area contributed by atoms with Crippen LogP contribution in [0, 0.1) is 0 Å². The van der Waals surface area contributed by atoms with Crippen LogP contribution in [-0.4, -0.2) is 32.9 Å². The van der Waals surface area contributed by atoms with Crippen LogP contribution in [0.15, 0.2) is 24.3 Å². The highest BCUT2D eigenvalue weighted by Crippen LogP contribution is 2.30. The molecule has 0 unspecified atom stereocenters. The number of amides is 1. The minimum absolute atomic E-state index is 0.225. The van der Waals surface area contributed by atoms with Gasteiger partial charge in [0.25, 0.3) is 5.91 Å². The Morgan fingerprint density at radius 2 is 2.21 bits per heavy atom. The molecule has 5 nitrogen and oxygen atoms in total. The van der Waals surface area contributed by atoms with Crippen molar-refractivity contribution in [2.24, 2.45) is 7.05 Å². The Bertz CT molecular complexity index is 629. The first kappa shape index (κ1) is 12.2. The summed E-state index contributed by atoms with van der Waals surface area (Å²) in [6, 6.07) is 7.62. The predicted molar refractivity (Wildman–Crippen MR) is 71.8 cm³/mol. The molecule has 1 fully saturated rings. The number of aliphatic hydroxyl groups is 1. The van der Waals surface area contributed by atoms with Gasteiger partial charge in [0.1, 0.15) is 0 Å². The standard InChI is InChI=1S/C14H17N3O2/c1-17-11-6-3-2-5-10(11)12(16-17)13(18)15-9-14(19)7-4-8-14/h2-3,5-6,19H,4,7-9H2,1H3,(H,15,18). The summed E-state index contributed by atoms with van der Waals surface area (Å²) >= 11 is 0. The van der Waals surface area contributed by atoms with Gasteiger partial charge in [0, 0.05) is 19.0 Å². The minimum Gasteiger partial charge on any atom is -0.388 e. The van der Waals surface area contributed by atoms with Crippen molar-refractivity contribution < 1.29 is 9.90 Å². The molecular formula is C14H17N3O2. The van der Waals surface area contributed by atoms with E-state index in [0.717, 1.165) is 30.2 Å². The Balaban J connectivity index is 1.81. The van der Waals surface area contributed by atoms with Crippen molar-refractivity contribution in [3.05, 3.63) is 30.0 Å². The molecule has 1 aliphatic carbocycles.